The Balaban J connectivity index is 0.00000280. The van der Waals surface area contributed by atoms with Crippen molar-refractivity contribution in [2.24, 2.45) is 0 Å². The molecule has 2 aliphatic rings. The van der Waals surface area contributed by atoms with Crippen LogP contribution in [-0.4, -0.2) is 86.4 Å². The lowest BCUT2D eigenvalue weighted by molar-refractivity contribution is 0.0451. The number of aromatic nitrogens is 2. The van der Waals surface area contributed by atoms with Crippen LogP contribution in [0.15, 0.2) is 60.9 Å². The Morgan fingerprint density at radius 2 is 1.37 bits per heavy atom. The molecule has 0 atom stereocenters. The maximum Gasteiger partial charge on any atom is 0.274 e. The molecule has 12 nitrogen and oxygen atoms in total. The van der Waals surface area contributed by atoms with E-state index in [1.165, 1.54) is 0 Å². The van der Waals surface area contributed by atoms with E-state index in [4.69, 9.17) is 23.7 Å². The second-order valence-electron chi connectivity index (χ2n) is 13.5. The van der Waals surface area contributed by atoms with Crippen LogP contribution < -0.4 is 20.1 Å². The van der Waals surface area contributed by atoms with E-state index in [-0.39, 0.29) is 21.9 Å². The molecule has 0 aliphatic carbocycles. The molecule has 2 aliphatic heterocycles. The van der Waals surface area contributed by atoms with Gasteiger partial charge in [-0.05, 0) is 73.9 Å². The molecular weight excluding hydrogens is 684 g/mol. The number of anilines is 2. The van der Waals surface area contributed by atoms with Crippen LogP contribution in [0.5, 0.6) is 11.5 Å². The van der Waals surface area contributed by atoms with Gasteiger partial charge < -0.3 is 34.3 Å². The van der Waals surface area contributed by atoms with E-state index in [0.717, 1.165) is 109 Å². The fourth-order valence-electron chi connectivity index (χ4n) is 6.77. The summed E-state index contributed by atoms with van der Waals surface area (Å²) < 4.78 is 28.8. The van der Waals surface area contributed by atoms with Gasteiger partial charge in [0.15, 0.2) is 0 Å². The molecule has 294 valence electrons. The first-order valence-electron chi connectivity index (χ1n) is 18.4. The molecule has 0 saturated carbocycles. The smallest absolute Gasteiger partial charge is 0.274 e. The molecule has 0 radical (unpaired) electrons. The summed E-state index contributed by atoms with van der Waals surface area (Å²) in [6, 6.07) is 15.7. The van der Waals surface area contributed by atoms with Crippen LogP contribution >= 0.6 is 0 Å². The zero-order chi connectivity index (χ0) is 37.0. The third-order valence-corrected chi connectivity index (χ3v) is 9.80. The van der Waals surface area contributed by atoms with E-state index in [2.05, 4.69) is 49.5 Å². The van der Waals surface area contributed by atoms with Gasteiger partial charge in [0.2, 0.25) is 0 Å². The molecule has 2 saturated heterocycles. The average molecular weight is 745 g/mol. The second kappa shape index (κ2) is 20.2. The minimum atomic E-state index is -0.300. The molecular formula is C42H60N6O6. The molecule has 2 aromatic carbocycles. The average Bonchev–Trinajstić information content (AvgIpc) is 3.61. The standard InChI is InChI=1S/C41H52N6O6.CH4.2H2/c1-29-34(11-9-13-36(29)44-26-53-25-33-19-39(49-3)31(21-42-33)23-46-15-5-7-17-51-27-46)35-12-10-14-37(30(35)2)45-41(48)38-20-40(50-4)32(22-43-38)24-47-16-6-8-18-52-28-47;;;/h9-14,19-22,44H,5-8,15-18,23-28H2,1-4H3,(H,45,48);1H4;2*1H. The molecule has 4 heterocycles. The van der Waals surface area contributed by atoms with Gasteiger partial charge in [0.05, 0.1) is 40.0 Å². The molecule has 0 spiro atoms. The van der Waals surface area contributed by atoms with E-state index >= 15 is 0 Å². The molecule has 2 aromatic heterocycles. The molecule has 2 fully saturated rings. The molecule has 54 heavy (non-hydrogen) atoms. The van der Waals surface area contributed by atoms with Crippen molar-refractivity contribution in [2.45, 2.75) is 66.7 Å². The number of ether oxygens (including phenoxy) is 5. The highest BCUT2D eigenvalue weighted by atomic mass is 16.5. The lowest BCUT2D eigenvalue weighted by atomic mass is 9.94. The molecule has 2 N–H and O–H groups in total. The maximum absolute atomic E-state index is 13.4. The van der Waals surface area contributed by atoms with Gasteiger partial charge in [0.1, 0.15) is 23.9 Å². The highest BCUT2D eigenvalue weighted by Crippen LogP contribution is 2.34. The quantitative estimate of drug-likeness (QED) is 0.0970. The molecule has 12 heteroatoms. The van der Waals surface area contributed by atoms with Crippen molar-refractivity contribution >= 4 is 17.3 Å². The summed E-state index contributed by atoms with van der Waals surface area (Å²) in [7, 11) is 3.30. The summed E-state index contributed by atoms with van der Waals surface area (Å²) in [5.41, 5.74) is 8.82. The molecule has 0 bridgehead atoms. The first-order chi connectivity index (χ1) is 25.9. The zero-order valence-electron chi connectivity index (χ0n) is 31.4. The number of nitrogens with zero attached hydrogens (tertiary/aromatic N) is 4. The molecule has 0 unspecified atom stereocenters. The maximum atomic E-state index is 13.4. The summed E-state index contributed by atoms with van der Waals surface area (Å²) in [6.45, 7) is 10.9. The summed E-state index contributed by atoms with van der Waals surface area (Å²) in [6.07, 6.45) is 7.97. The van der Waals surface area contributed by atoms with Gasteiger partial charge in [0.25, 0.3) is 5.91 Å². The first-order valence-corrected chi connectivity index (χ1v) is 18.4. The van der Waals surface area contributed by atoms with Crippen molar-refractivity contribution < 1.29 is 31.3 Å². The lowest BCUT2D eigenvalue weighted by Gasteiger charge is -2.20. The van der Waals surface area contributed by atoms with Gasteiger partial charge in [-0.25, -0.2) is 0 Å². The minimum Gasteiger partial charge on any atom is -0.496 e. The minimum absolute atomic E-state index is 0. The van der Waals surface area contributed by atoms with Gasteiger partial charge in [-0.2, -0.15) is 0 Å². The van der Waals surface area contributed by atoms with Crippen molar-refractivity contribution in [1.29, 1.82) is 0 Å². The van der Waals surface area contributed by atoms with E-state index < -0.39 is 0 Å². The topological polar surface area (TPSA) is 120 Å². The number of benzene rings is 2. The van der Waals surface area contributed by atoms with Crippen LogP contribution in [0.25, 0.3) is 11.1 Å². The number of carbonyl (C=O) groups is 1. The summed E-state index contributed by atoms with van der Waals surface area (Å²) in [4.78, 5) is 27.1. The second-order valence-corrected chi connectivity index (χ2v) is 13.5. The van der Waals surface area contributed by atoms with Crippen molar-refractivity contribution in [1.82, 2.24) is 19.8 Å². The van der Waals surface area contributed by atoms with Crippen molar-refractivity contribution in [3.8, 4) is 22.6 Å². The Bertz CT molecular complexity index is 1830. The predicted molar refractivity (Wildman–Crippen MR) is 216 cm³/mol. The first kappa shape index (κ1) is 40.6. The lowest BCUT2D eigenvalue weighted by Crippen LogP contribution is -2.25. The number of carbonyl (C=O) groups excluding carboxylic acids is 1. The number of amides is 1. The van der Waals surface area contributed by atoms with Gasteiger partial charge in [-0.3, -0.25) is 24.6 Å². The van der Waals surface area contributed by atoms with E-state index in [9.17, 15) is 4.79 Å². The van der Waals surface area contributed by atoms with Crippen LogP contribution in [0.2, 0.25) is 0 Å². The van der Waals surface area contributed by atoms with Gasteiger partial charge >= 0.3 is 0 Å². The number of hydrogen-bond acceptors (Lipinski definition) is 11. The number of nitrogens with one attached hydrogen (secondary N) is 2. The van der Waals surface area contributed by atoms with Gasteiger partial charge in [-0.15, -0.1) is 0 Å². The predicted octanol–water partition coefficient (Wildman–Crippen LogP) is 7.88. The van der Waals surface area contributed by atoms with Crippen LogP contribution in [-0.2, 0) is 33.9 Å². The van der Waals surface area contributed by atoms with Crippen molar-refractivity contribution in [3.63, 3.8) is 0 Å². The third-order valence-electron chi connectivity index (χ3n) is 9.80. The highest BCUT2D eigenvalue weighted by Gasteiger charge is 2.19. The SMILES string of the molecule is C.COc1cc(COCNc2cccc(-c3cccc(NC(=O)c4cc(OC)c(CN5CCCCOC5)cn4)c3C)c2C)ncc1CN1CCCCOC1.[HH].[HH]. The normalized spacial score (nSPS) is 15.4. The Morgan fingerprint density at radius 1 is 0.796 bits per heavy atom. The number of pyridine rings is 2. The monoisotopic (exact) mass is 744 g/mol. The Morgan fingerprint density at radius 3 is 2.00 bits per heavy atom. The highest BCUT2D eigenvalue weighted by molar-refractivity contribution is 6.04. The number of rotatable bonds is 14. The fourth-order valence-corrected chi connectivity index (χ4v) is 6.77. The van der Waals surface area contributed by atoms with Gasteiger partial charge in [0, 0.05) is 89.3 Å². The zero-order valence-corrected chi connectivity index (χ0v) is 31.4. The number of hydrogen-bond donors (Lipinski definition) is 2. The molecule has 1 amide bonds. The molecule has 4 aromatic rings. The Hall–Kier alpha value is -4.59. The largest absolute Gasteiger partial charge is 0.496 e. The fraction of sp³-hybridized carbons (Fsp3) is 0.452. The van der Waals surface area contributed by atoms with E-state index in [1.54, 1.807) is 26.5 Å². The summed E-state index contributed by atoms with van der Waals surface area (Å²) >= 11 is 0. The summed E-state index contributed by atoms with van der Waals surface area (Å²) in [5, 5.41) is 6.50. The van der Waals surface area contributed by atoms with E-state index in [0.29, 0.717) is 44.8 Å². The van der Waals surface area contributed by atoms with Crippen molar-refractivity contribution in [2.75, 3.05) is 71.3 Å². The number of methoxy groups -OCH3 is 2. The van der Waals surface area contributed by atoms with E-state index in [1.807, 2.05) is 43.5 Å². The Labute approximate surface area is 323 Å². The van der Waals surface area contributed by atoms with Crippen LogP contribution in [0.1, 0.15) is 74.4 Å². The molecule has 6 rings (SSSR count). The summed E-state index contributed by atoms with van der Waals surface area (Å²) in [5.74, 6) is 1.13. The Kier molecular flexibility index (Phi) is 15.2. The van der Waals surface area contributed by atoms with Crippen molar-refractivity contribution in [3.05, 3.63) is 94.6 Å². The van der Waals surface area contributed by atoms with Crippen LogP contribution in [0.3, 0.4) is 0 Å². The van der Waals surface area contributed by atoms with Gasteiger partial charge in [-0.1, -0.05) is 31.7 Å². The third kappa shape index (κ3) is 10.5. The van der Waals surface area contributed by atoms with Crippen LogP contribution in [0.4, 0.5) is 11.4 Å². The van der Waals surface area contributed by atoms with Crippen LogP contribution in [0, 0.1) is 13.8 Å².